The monoisotopic (exact) mass is 368 g/mol. The van der Waals surface area contributed by atoms with E-state index in [-0.39, 0.29) is 36.4 Å². The van der Waals surface area contributed by atoms with Crippen LogP contribution in [0.5, 0.6) is 0 Å². The highest BCUT2D eigenvalue weighted by Gasteiger charge is 2.23. The van der Waals surface area contributed by atoms with Crippen molar-refractivity contribution in [1.82, 2.24) is 15.5 Å². The van der Waals surface area contributed by atoms with Gasteiger partial charge in [0, 0.05) is 18.8 Å². The largest absolute Gasteiger partial charge is 0.348 e. The number of urea groups is 1. The lowest BCUT2D eigenvalue weighted by atomic mass is 10.1. The topological polar surface area (TPSA) is 73.5 Å². The molecule has 0 aliphatic carbocycles. The van der Waals surface area contributed by atoms with Crippen LogP contribution in [0.3, 0.4) is 0 Å². The Morgan fingerprint density at radius 1 is 1.24 bits per heavy atom. The SMILES string of the molecule is CCN(CC)C(=O)Nc1ccc(C(C)NC(=O)C2CCCN2)cc1.Cl. The molecule has 0 saturated carbocycles. The second-order valence-corrected chi connectivity index (χ2v) is 6.10. The Bertz CT molecular complexity index is 555. The predicted octanol–water partition coefficient (Wildman–Crippen LogP) is 2.91. The molecule has 1 aromatic carbocycles. The first kappa shape index (κ1) is 21.3. The van der Waals surface area contributed by atoms with Crippen molar-refractivity contribution in [2.24, 2.45) is 0 Å². The number of carbonyl (C=O) groups excluding carboxylic acids is 2. The number of nitrogens with zero attached hydrogens (tertiary/aromatic N) is 1. The highest BCUT2D eigenvalue weighted by atomic mass is 35.5. The number of rotatable bonds is 6. The Hall–Kier alpha value is -1.79. The van der Waals surface area contributed by atoms with Crippen LogP contribution in [0.1, 0.15) is 45.2 Å². The number of benzene rings is 1. The summed E-state index contributed by atoms with van der Waals surface area (Å²) >= 11 is 0. The molecule has 2 unspecified atom stereocenters. The first-order valence-corrected chi connectivity index (χ1v) is 8.74. The zero-order valence-electron chi connectivity index (χ0n) is 15.2. The number of carbonyl (C=O) groups is 2. The maximum Gasteiger partial charge on any atom is 0.321 e. The van der Waals surface area contributed by atoms with Crippen LogP contribution in [-0.2, 0) is 4.79 Å². The van der Waals surface area contributed by atoms with Crippen LogP contribution in [-0.4, -0.2) is 42.5 Å². The van der Waals surface area contributed by atoms with Gasteiger partial charge in [-0.1, -0.05) is 12.1 Å². The van der Waals surface area contributed by atoms with Crippen molar-refractivity contribution in [3.63, 3.8) is 0 Å². The van der Waals surface area contributed by atoms with Crippen molar-refractivity contribution in [2.75, 3.05) is 25.0 Å². The molecular formula is C18H29ClN4O2. The summed E-state index contributed by atoms with van der Waals surface area (Å²) in [5.74, 6) is 0.0545. The molecular weight excluding hydrogens is 340 g/mol. The lowest BCUT2D eigenvalue weighted by Gasteiger charge is -2.20. The summed E-state index contributed by atoms with van der Waals surface area (Å²) in [5.41, 5.74) is 1.77. The van der Waals surface area contributed by atoms with Crippen molar-refractivity contribution < 1.29 is 9.59 Å². The minimum absolute atomic E-state index is 0. The molecule has 0 aromatic heterocycles. The Balaban J connectivity index is 0.00000312. The van der Waals surface area contributed by atoms with Crippen molar-refractivity contribution in [2.45, 2.75) is 45.7 Å². The first-order valence-electron chi connectivity index (χ1n) is 8.74. The second-order valence-electron chi connectivity index (χ2n) is 6.10. The van der Waals surface area contributed by atoms with Gasteiger partial charge in [0.1, 0.15) is 0 Å². The van der Waals surface area contributed by atoms with Gasteiger partial charge in [-0.15, -0.1) is 12.4 Å². The molecule has 6 nitrogen and oxygen atoms in total. The quantitative estimate of drug-likeness (QED) is 0.722. The zero-order valence-corrected chi connectivity index (χ0v) is 16.0. The molecule has 2 rings (SSSR count). The summed E-state index contributed by atoms with van der Waals surface area (Å²) in [6, 6.07) is 7.38. The van der Waals surface area contributed by atoms with Crippen LogP contribution in [0.2, 0.25) is 0 Å². The molecule has 1 aromatic rings. The van der Waals surface area contributed by atoms with Crippen LogP contribution in [0.4, 0.5) is 10.5 Å². The van der Waals surface area contributed by atoms with Crippen LogP contribution in [0.25, 0.3) is 0 Å². The third-order valence-electron chi connectivity index (χ3n) is 4.45. The van der Waals surface area contributed by atoms with E-state index in [0.717, 1.165) is 30.6 Å². The van der Waals surface area contributed by atoms with Crippen LogP contribution in [0.15, 0.2) is 24.3 Å². The molecule has 1 fully saturated rings. The summed E-state index contributed by atoms with van der Waals surface area (Å²) in [6.45, 7) is 8.15. The van der Waals surface area contributed by atoms with Gasteiger partial charge in [0.15, 0.2) is 0 Å². The maximum atomic E-state index is 12.1. The third kappa shape index (κ3) is 5.90. The van der Waals surface area contributed by atoms with Crippen molar-refractivity contribution >= 4 is 30.0 Å². The zero-order chi connectivity index (χ0) is 17.5. The van der Waals surface area contributed by atoms with Gasteiger partial charge < -0.3 is 20.9 Å². The van der Waals surface area contributed by atoms with E-state index in [1.165, 1.54) is 0 Å². The summed E-state index contributed by atoms with van der Waals surface area (Å²) < 4.78 is 0. The molecule has 140 valence electrons. The molecule has 1 aliphatic heterocycles. The van der Waals surface area contributed by atoms with Gasteiger partial charge in [-0.25, -0.2) is 4.79 Å². The van der Waals surface area contributed by atoms with Crippen molar-refractivity contribution in [3.8, 4) is 0 Å². The van der Waals surface area contributed by atoms with Gasteiger partial charge in [-0.2, -0.15) is 0 Å². The Morgan fingerprint density at radius 3 is 2.40 bits per heavy atom. The summed E-state index contributed by atoms with van der Waals surface area (Å²) in [6.07, 6.45) is 1.95. The average molecular weight is 369 g/mol. The molecule has 1 heterocycles. The third-order valence-corrected chi connectivity index (χ3v) is 4.45. The highest BCUT2D eigenvalue weighted by molar-refractivity contribution is 5.89. The first-order chi connectivity index (χ1) is 11.5. The number of halogens is 1. The standard InChI is InChI=1S/C18H28N4O2.ClH/c1-4-22(5-2)18(24)21-15-10-8-14(9-11-15)13(3)20-17(23)16-7-6-12-19-16;/h8-11,13,16,19H,4-7,12H2,1-3H3,(H,20,23)(H,21,24);1H. The lowest BCUT2D eigenvalue weighted by Crippen LogP contribution is -2.41. The summed E-state index contributed by atoms with van der Waals surface area (Å²) in [4.78, 5) is 25.9. The van der Waals surface area contributed by atoms with Gasteiger partial charge in [0.2, 0.25) is 5.91 Å². The Kier molecular flexibility index (Phi) is 8.72. The summed E-state index contributed by atoms with van der Waals surface area (Å²) in [5, 5.41) is 9.12. The van der Waals surface area contributed by atoms with Crippen LogP contribution < -0.4 is 16.0 Å². The lowest BCUT2D eigenvalue weighted by molar-refractivity contribution is -0.123. The molecule has 3 amide bonds. The summed E-state index contributed by atoms with van der Waals surface area (Å²) in [7, 11) is 0. The Morgan fingerprint density at radius 2 is 1.88 bits per heavy atom. The van der Waals surface area contributed by atoms with E-state index in [1.807, 2.05) is 45.0 Å². The second kappa shape index (κ2) is 10.3. The van der Waals surface area contributed by atoms with E-state index in [2.05, 4.69) is 16.0 Å². The van der Waals surface area contributed by atoms with E-state index >= 15 is 0 Å². The number of hydrogen-bond acceptors (Lipinski definition) is 3. The number of nitrogens with one attached hydrogen (secondary N) is 3. The fourth-order valence-corrected chi connectivity index (χ4v) is 2.87. The van der Waals surface area contributed by atoms with Crippen molar-refractivity contribution in [1.29, 1.82) is 0 Å². The van der Waals surface area contributed by atoms with Crippen LogP contribution >= 0.6 is 12.4 Å². The molecule has 0 bridgehead atoms. The van der Waals surface area contributed by atoms with Gasteiger partial charge in [0.25, 0.3) is 0 Å². The number of amides is 3. The molecule has 1 saturated heterocycles. The number of anilines is 1. The van der Waals surface area contributed by atoms with E-state index < -0.39 is 0 Å². The molecule has 0 radical (unpaired) electrons. The normalized spacial score (nSPS) is 17.3. The fourth-order valence-electron chi connectivity index (χ4n) is 2.87. The molecule has 7 heteroatoms. The molecule has 1 aliphatic rings. The molecule has 2 atom stereocenters. The van der Waals surface area contributed by atoms with Crippen molar-refractivity contribution in [3.05, 3.63) is 29.8 Å². The highest BCUT2D eigenvalue weighted by Crippen LogP contribution is 2.17. The maximum absolute atomic E-state index is 12.1. The van der Waals surface area contributed by atoms with E-state index in [4.69, 9.17) is 0 Å². The smallest absolute Gasteiger partial charge is 0.321 e. The van der Waals surface area contributed by atoms with Crippen LogP contribution in [0, 0.1) is 0 Å². The average Bonchev–Trinajstić information content (AvgIpc) is 3.11. The van der Waals surface area contributed by atoms with Gasteiger partial charge >= 0.3 is 6.03 Å². The minimum atomic E-state index is -0.0959. The van der Waals surface area contributed by atoms with Gasteiger partial charge in [-0.05, 0) is 57.9 Å². The predicted molar refractivity (Wildman–Crippen MR) is 103 cm³/mol. The fraction of sp³-hybridized carbons (Fsp3) is 0.556. The van der Waals surface area contributed by atoms with Gasteiger partial charge in [-0.3, -0.25) is 4.79 Å². The molecule has 0 spiro atoms. The van der Waals surface area contributed by atoms with E-state index in [9.17, 15) is 9.59 Å². The molecule has 25 heavy (non-hydrogen) atoms. The van der Waals surface area contributed by atoms with E-state index in [0.29, 0.717) is 13.1 Å². The minimum Gasteiger partial charge on any atom is -0.348 e. The number of hydrogen-bond donors (Lipinski definition) is 3. The van der Waals surface area contributed by atoms with E-state index in [1.54, 1.807) is 4.90 Å². The molecule has 3 N–H and O–H groups in total. The Labute approximate surface area is 156 Å². The van der Waals surface area contributed by atoms with Gasteiger partial charge in [0.05, 0.1) is 12.1 Å².